The summed E-state index contributed by atoms with van der Waals surface area (Å²) >= 11 is 3.31. The number of aromatic nitrogens is 1. The van der Waals surface area contributed by atoms with E-state index in [0.717, 1.165) is 0 Å². The summed E-state index contributed by atoms with van der Waals surface area (Å²) in [4.78, 5) is 16.3. The summed E-state index contributed by atoms with van der Waals surface area (Å²) in [6.07, 6.45) is 3.34. The number of hydrogen-bond donors (Lipinski definition) is 1. The Bertz CT molecular complexity index is 426. The van der Waals surface area contributed by atoms with Crippen LogP contribution in [-0.2, 0) is 0 Å². The highest BCUT2D eigenvalue weighted by Gasteiger charge is 2.24. The van der Waals surface area contributed by atoms with Crippen molar-refractivity contribution >= 4 is 27.3 Å². The minimum atomic E-state index is -0.443. The van der Waals surface area contributed by atoms with Gasteiger partial charge in [0.2, 0.25) is 0 Å². The van der Waals surface area contributed by atoms with Crippen LogP contribution in [-0.4, -0.2) is 34.2 Å². The van der Waals surface area contributed by atoms with Crippen molar-refractivity contribution in [2.75, 3.05) is 18.1 Å². The van der Waals surface area contributed by atoms with Crippen molar-refractivity contribution in [3.63, 3.8) is 0 Å². The molecule has 1 N–H and O–H groups in total. The molecule has 0 radical (unpaired) electrons. The minimum Gasteiger partial charge on any atom is -0.396 e. The van der Waals surface area contributed by atoms with Gasteiger partial charge < -0.3 is 10.0 Å². The van der Waals surface area contributed by atoms with Crippen LogP contribution in [0.2, 0.25) is 0 Å². The first-order valence-corrected chi connectivity index (χ1v) is 6.43. The molecule has 1 aromatic heterocycles. The second-order valence-corrected chi connectivity index (χ2v) is 4.96. The number of nitrogens with zero attached hydrogens (tertiary/aromatic N) is 3. The van der Waals surface area contributed by atoms with Crippen LogP contribution in [0.15, 0.2) is 16.9 Å². The van der Waals surface area contributed by atoms with Gasteiger partial charge in [0.05, 0.1) is 9.40 Å². The number of nitro groups is 1. The predicted molar refractivity (Wildman–Crippen MR) is 72.8 cm³/mol. The summed E-state index contributed by atoms with van der Waals surface area (Å²) < 4.78 is 0.586. The topological polar surface area (TPSA) is 79.5 Å². The van der Waals surface area contributed by atoms with Crippen molar-refractivity contribution < 1.29 is 10.0 Å². The molecule has 7 heteroatoms. The third-order valence-electron chi connectivity index (χ3n) is 2.52. The number of halogens is 1. The third-order valence-corrected chi connectivity index (χ3v) is 3.10. The number of rotatable bonds is 6. The molecule has 1 heterocycles. The van der Waals surface area contributed by atoms with Crippen LogP contribution in [0.5, 0.6) is 0 Å². The van der Waals surface area contributed by atoms with E-state index < -0.39 is 4.92 Å². The Kier molecular flexibility index (Phi) is 5.49. The highest BCUT2D eigenvalue weighted by Crippen LogP contribution is 2.35. The van der Waals surface area contributed by atoms with Gasteiger partial charge in [-0.2, -0.15) is 0 Å². The zero-order valence-electron chi connectivity index (χ0n) is 10.3. The zero-order valence-corrected chi connectivity index (χ0v) is 11.9. The molecule has 1 aromatic rings. The molecular formula is C11H16BrN3O3. The molecule has 100 valence electrons. The lowest BCUT2D eigenvalue weighted by atomic mass is 10.2. The van der Waals surface area contributed by atoms with E-state index >= 15 is 0 Å². The Hall–Kier alpha value is -1.21. The largest absolute Gasteiger partial charge is 0.396 e. The van der Waals surface area contributed by atoms with E-state index in [0.29, 0.717) is 23.1 Å². The van der Waals surface area contributed by atoms with E-state index in [4.69, 9.17) is 5.11 Å². The van der Waals surface area contributed by atoms with Crippen molar-refractivity contribution in [1.82, 2.24) is 4.98 Å². The van der Waals surface area contributed by atoms with Gasteiger partial charge in [-0.3, -0.25) is 15.1 Å². The molecule has 0 amide bonds. The highest BCUT2D eigenvalue weighted by atomic mass is 79.9. The van der Waals surface area contributed by atoms with Gasteiger partial charge in [-0.15, -0.1) is 0 Å². The molecule has 0 aliphatic rings. The van der Waals surface area contributed by atoms with E-state index in [1.165, 1.54) is 12.4 Å². The SMILES string of the molecule is CC(C)N(CCCO)c1c(Br)cncc1[N+](=O)[O-]. The standard InChI is InChI=1S/C11H16BrN3O3/c1-8(2)14(4-3-5-16)11-9(12)6-13-7-10(11)15(17)18/h6-8,16H,3-5H2,1-2H3. The Balaban J connectivity index is 3.21. The number of hydrogen-bond acceptors (Lipinski definition) is 5. The van der Waals surface area contributed by atoms with Crippen LogP contribution in [0.3, 0.4) is 0 Å². The Morgan fingerprint density at radius 2 is 2.22 bits per heavy atom. The summed E-state index contributed by atoms with van der Waals surface area (Å²) in [5, 5.41) is 20.0. The number of aliphatic hydroxyl groups excluding tert-OH is 1. The quantitative estimate of drug-likeness (QED) is 0.643. The molecule has 0 bridgehead atoms. The van der Waals surface area contributed by atoms with Crippen LogP contribution < -0.4 is 4.90 Å². The van der Waals surface area contributed by atoms with E-state index in [2.05, 4.69) is 20.9 Å². The lowest BCUT2D eigenvalue weighted by Gasteiger charge is -2.29. The van der Waals surface area contributed by atoms with Gasteiger partial charge in [-0.25, -0.2) is 0 Å². The Morgan fingerprint density at radius 3 is 2.72 bits per heavy atom. The van der Waals surface area contributed by atoms with Gasteiger partial charge in [-0.05, 0) is 36.2 Å². The van der Waals surface area contributed by atoms with Gasteiger partial charge in [0, 0.05) is 25.4 Å². The zero-order chi connectivity index (χ0) is 13.7. The van der Waals surface area contributed by atoms with E-state index in [1.807, 2.05) is 18.7 Å². The summed E-state index contributed by atoms with van der Waals surface area (Å²) in [5.74, 6) is 0. The molecular weight excluding hydrogens is 302 g/mol. The molecule has 0 saturated carbocycles. The fourth-order valence-corrected chi connectivity index (χ4v) is 2.25. The molecule has 0 aliphatic carbocycles. The molecule has 0 atom stereocenters. The Morgan fingerprint density at radius 1 is 1.56 bits per heavy atom. The molecule has 0 spiro atoms. The van der Waals surface area contributed by atoms with Crippen LogP contribution in [0, 0.1) is 10.1 Å². The molecule has 0 saturated heterocycles. The second kappa shape index (κ2) is 6.65. The highest BCUT2D eigenvalue weighted by molar-refractivity contribution is 9.10. The Labute approximate surface area is 114 Å². The average Bonchev–Trinajstić information content (AvgIpc) is 2.30. The number of pyridine rings is 1. The van der Waals surface area contributed by atoms with Crippen molar-refractivity contribution in [3.05, 3.63) is 27.0 Å². The molecule has 18 heavy (non-hydrogen) atoms. The lowest BCUT2D eigenvalue weighted by Crippen LogP contribution is -2.33. The fraction of sp³-hybridized carbons (Fsp3) is 0.545. The van der Waals surface area contributed by atoms with Gasteiger partial charge in [0.15, 0.2) is 0 Å². The first-order chi connectivity index (χ1) is 8.49. The smallest absolute Gasteiger partial charge is 0.311 e. The molecule has 0 aliphatic heterocycles. The number of anilines is 1. The lowest BCUT2D eigenvalue weighted by molar-refractivity contribution is -0.384. The van der Waals surface area contributed by atoms with Gasteiger partial charge >= 0.3 is 5.69 Å². The van der Waals surface area contributed by atoms with Gasteiger partial charge in [-0.1, -0.05) is 0 Å². The van der Waals surface area contributed by atoms with Gasteiger partial charge in [0.1, 0.15) is 11.9 Å². The monoisotopic (exact) mass is 317 g/mol. The third kappa shape index (κ3) is 3.39. The average molecular weight is 318 g/mol. The molecule has 6 nitrogen and oxygen atoms in total. The maximum Gasteiger partial charge on any atom is 0.311 e. The molecule has 0 fully saturated rings. The van der Waals surface area contributed by atoms with Crippen molar-refractivity contribution in [1.29, 1.82) is 0 Å². The summed E-state index contributed by atoms with van der Waals surface area (Å²) in [6, 6.07) is 0.0916. The summed E-state index contributed by atoms with van der Waals surface area (Å²) in [7, 11) is 0. The maximum atomic E-state index is 11.0. The number of aliphatic hydroxyl groups is 1. The minimum absolute atomic E-state index is 0.0315. The van der Waals surface area contributed by atoms with E-state index in [1.54, 1.807) is 0 Å². The summed E-state index contributed by atoms with van der Waals surface area (Å²) in [5.41, 5.74) is 0.481. The van der Waals surface area contributed by atoms with Crippen LogP contribution in [0.25, 0.3) is 0 Å². The second-order valence-electron chi connectivity index (χ2n) is 4.11. The molecule has 0 unspecified atom stereocenters. The first kappa shape index (κ1) is 14.8. The maximum absolute atomic E-state index is 11.0. The van der Waals surface area contributed by atoms with E-state index in [-0.39, 0.29) is 18.3 Å². The molecule has 1 rings (SSSR count). The van der Waals surface area contributed by atoms with Crippen molar-refractivity contribution in [3.8, 4) is 0 Å². The van der Waals surface area contributed by atoms with E-state index in [9.17, 15) is 10.1 Å². The van der Waals surface area contributed by atoms with Crippen molar-refractivity contribution in [2.45, 2.75) is 26.3 Å². The van der Waals surface area contributed by atoms with Crippen LogP contribution >= 0.6 is 15.9 Å². The predicted octanol–water partition coefficient (Wildman–Crippen LogP) is 2.35. The summed E-state index contributed by atoms with van der Waals surface area (Å²) in [6.45, 7) is 4.51. The van der Waals surface area contributed by atoms with Crippen LogP contribution in [0.4, 0.5) is 11.4 Å². The molecule has 0 aromatic carbocycles. The van der Waals surface area contributed by atoms with Crippen LogP contribution in [0.1, 0.15) is 20.3 Å². The first-order valence-electron chi connectivity index (χ1n) is 5.64. The van der Waals surface area contributed by atoms with Gasteiger partial charge in [0.25, 0.3) is 0 Å². The fourth-order valence-electron chi connectivity index (χ4n) is 1.71. The van der Waals surface area contributed by atoms with Crippen molar-refractivity contribution in [2.24, 2.45) is 0 Å². The normalized spacial score (nSPS) is 10.7.